The Labute approximate surface area is 181 Å². The molecule has 0 radical (unpaired) electrons. The van der Waals surface area contributed by atoms with Crippen molar-refractivity contribution in [3.05, 3.63) is 64.8 Å². The molecule has 0 atom stereocenters. The van der Waals surface area contributed by atoms with E-state index in [4.69, 9.17) is 21.1 Å². The summed E-state index contributed by atoms with van der Waals surface area (Å²) in [5.41, 5.74) is 0.460. The fourth-order valence-corrected chi connectivity index (χ4v) is 3.63. The fourth-order valence-electron chi connectivity index (χ4n) is 3.45. The second-order valence-corrected chi connectivity index (χ2v) is 7.23. The van der Waals surface area contributed by atoms with Crippen LogP contribution in [-0.2, 0) is 6.18 Å². The van der Waals surface area contributed by atoms with Crippen LogP contribution in [0.2, 0.25) is 5.02 Å². The molecular weight excluding hydrogens is 431 g/mol. The van der Waals surface area contributed by atoms with Gasteiger partial charge in [0.05, 0.1) is 42.2 Å². The Bertz CT molecular complexity index is 1290. The van der Waals surface area contributed by atoms with Crippen molar-refractivity contribution < 1.29 is 22.6 Å². The van der Waals surface area contributed by atoms with Gasteiger partial charge in [0.2, 0.25) is 0 Å². The summed E-state index contributed by atoms with van der Waals surface area (Å²) in [6.07, 6.45) is -4.61. The predicted octanol–water partition coefficient (Wildman–Crippen LogP) is 6.09. The van der Waals surface area contributed by atoms with E-state index >= 15 is 0 Å². The standard InChI is InChI=1S/C22H17ClF3N3O2/c1-12-20-17(22(24,25)26)11-18(16-8-7-15(30-2)10-19(16)31-3)27-21(20)29(28-12)14-6-4-5-13(23)9-14/h4-11H,1-3H3. The monoisotopic (exact) mass is 447 g/mol. The van der Waals surface area contributed by atoms with Crippen LogP contribution in [0.15, 0.2) is 48.5 Å². The van der Waals surface area contributed by atoms with Crippen molar-refractivity contribution in [2.75, 3.05) is 14.2 Å². The van der Waals surface area contributed by atoms with Crippen LogP contribution in [0.1, 0.15) is 11.3 Å². The number of nitrogens with zero attached hydrogens (tertiary/aromatic N) is 3. The van der Waals surface area contributed by atoms with Gasteiger partial charge in [-0.15, -0.1) is 0 Å². The first-order chi connectivity index (χ1) is 14.7. The van der Waals surface area contributed by atoms with Gasteiger partial charge in [0, 0.05) is 16.7 Å². The molecule has 0 aliphatic heterocycles. The highest BCUT2D eigenvalue weighted by Crippen LogP contribution is 2.41. The highest BCUT2D eigenvalue weighted by atomic mass is 35.5. The lowest BCUT2D eigenvalue weighted by Crippen LogP contribution is -2.08. The van der Waals surface area contributed by atoms with E-state index in [9.17, 15) is 13.2 Å². The number of halogens is 4. The highest BCUT2D eigenvalue weighted by Gasteiger charge is 2.36. The maximum absolute atomic E-state index is 14.0. The van der Waals surface area contributed by atoms with Crippen LogP contribution >= 0.6 is 11.6 Å². The van der Waals surface area contributed by atoms with Crippen molar-refractivity contribution in [3.8, 4) is 28.4 Å². The first-order valence-electron chi connectivity index (χ1n) is 9.19. The molecule has 0 saturated carbocycles. The fraction of sp³-hybridized carbons (Fsp3) is 0.182. The summed E-state index contributed by atoms with van der Waals surface area (Å²) in [6, 6.07) is 12.5. The number of rotatable bonds is 4. The molecule has 0 N–H and O–H groups in total. The lowest BCUT2D eigenvalue weighted by Gasteiger charge is -2.14. The van der Waals surface area contributed by atoms with E-state index in [1.54, 1.807) is 42.5 Å². The quantitative estimate of drug-likeness (QED) is 0.380. The minimum absolute atomic E-state index is 0.0660. The highest BCUT2D eigenvalue weighted by molar-refractivity contribution is 6.30. The topological polar surface area (TPSA) is 49.2 Å². The van der Waals surface area contributed by atoms with Gasteiger partial charge in [-0.3, -0.25) is 0 Å². The lowest BCUT2D eigenvalue weighted by atomic mass is 10.0. The Kier molecular flexibility index (Phi) is 5.26. The van der Waals surface area contributed by atoms with Gasteiger partial charge in [0.25, 0.3) is 0 Å². The van der Waals surface area contributed by atoms with Gasteiger partial charge in [0.15, 0.2) is 5.65 Å². The van der Waals surface area contributed by atoms with Crippen LogP contribution in [0.4, 0.5) is 13.2 Å². The molecule has 0 unspecified atom stereocenters. The van der Waals surface area contributed by atoms with E-state index in [-0.39, 0.29) is 22.4 Å². The zero-order chi connectivity index (χ0) is 22.3. The molecule has 0 saturated heterocycles. The van der Waals surface area contributed by atoms with Crippen LogP contribution < -0.4 is 9.47 Å². The van der Waals surface area contributed by atoms with E-state index in [0.29, 0.717) is 27.8 Å². The van der Waals surface area contributed by atoms with Gasteiger partial charge < -0.3 is 9.47 Å². The lowest BCUT2D eigenvalue weighted by molar-refractivity contribution is -0.136. The molecule has 160 valence electrons. The minimum Gasteiger partial charge on any atom is -0.497 e. The Hall–Kier alpha value is -3.26. The van der Waals surface area contributed by atoms with Gasteiger partial charge in [-0.05, 0) is 43.3 Å². The number of ether oxygens (including phenoxy) is 2. The molecule has 0 aliphatic rings. The summed E-state index contributed by atoms with van der Waals surface area (Å²) in [6.45, 7) is 1.52. The van der Waals surface area contributed by atoms with E-state index in [1.165, 1.54) is 25.8 Å². The molecule has 9 heteroatoms. The Morgan fingerprint density at radius 1 is 1.00 bits per heavy atom. The molecule has 2 heterocycles. The molecule has 0 spiro atoms. The van der Waals surface area contributed by atoms with Crippen LogP contribution in [-0.4, -0.2) is 29.0 Å². The number of hydrogen-bond acceptors (Lipinski definition) is 4. The zero-order valence-corrected chi connectivity index (χ0v) is 17.5. The third kappa shape index (κ3) is 3.79. The molecule has 0 aliphatic carbocycles. The van der Waals surface area contributed by atoms with Crippen molar-refractivity contribution in [3.63, 3.8) is 0 Å². The third-order valence-electron chi connectivity index (χ3n) is 4.86. The van der Waals surface area contributed by atoms with Crippen molar-refractivity contribution in [2.45, 2.75) is 13.1 Å². The molecule has 2 aromatic carbocycles. The van der Waals surface area contributed by atoms with Crippen molar-refractivity contribution in [1.82, 2.24) is 14.8 Å². The second kappa shape index (κ2) is 7.77. The molecule has 4 rings (SSSR count). The number of hydrogen-bond donors (Lipinski definition) is 0. The molecule has 0 bridgehead atoms. The molecule has 31 heavy (non-hydrogen) atoms. The molecule has 2 aromatic heterocycles. The molecule has 5 nitrogen and oxygen atoms in total. The van der Waals surface area contributed by atoms with Crippen molar-refractivity contribution in [1.29, 1.82) is 0 Å². The molecule has 0 fully saturated rings. The van der Waals surface area contributed by atoms with E-state index in [1.807, 2.05) is 0 Å². The van der Waals surface area contributed by atoms with Gasteiger partial charge in [-0.2, -0.15) is 18.3 Å². The Morgan fingerprint density at radius 2 is 1.77 bits per heavy atom. The first-order valence-corrected chi connectivity index (χ1v) is 9.56. The largest absolute Gasteiger partial charge is 0.497 e. The SMILES string of the molecule is COc1ccc(-c2cc(C(F)(F)F)c3c(C)nn(-c4cccc(Cl)c4)c3n2)c(OC)c1. The normalized spacial score (nSPS) is 11.7. The molecule has 4 aromatic rings. The number of methoxy groups -OCH3 is 2. The van der Waals surface area contributed by atoms with Gasteiger partial charge >= 0.3 is 6.18 Å². The van der Waals surface area contributed by atoms with Crippen LogP contribution in [0, 0.1) is 6.92 Å². The smallest absolute Gasteiger partial charge is 0.417 e. The van der Waals surface area contributed by atoms with E-state index in [2.05, 4.69) is 10.1 Å². The average molecular weight is 448 g/mol. The van der Waals surface area contributed by atoms with Gasteiger partial charge in [-0.25, -0.2) is 9.67 Å². The maximum atomic E-state index is 14.0. The summed E-state index contributed by atoms with van der Waals surface area (Å²) in [5.74, 6) is 0.849. The summed E-state index contributed by atoms with van der Waals surface area (Å²) in [5, 5.41) is 4.69. The predicted molar refractivity (Wildman–Crippen MR) is 112 cm³/mol. The van der Waals surface area contributed by atoms with Crippen LogP contribution in [0.3, 0.4) is 0 Å². The van der Waals surface area contributed by atoms with Crippen LogP contribution in [0.25, 0.3) is 28.0 Å². The summed E-state index contributed by atoms with van der Waals surface area (Å²) >= 11 is 6.08. The molecular formula is C22H17ClF3N3O2. The minimum atomic E-state index is -4.61. The van der Waals surface area contributed by atoms with Crippen molar-refractivity contribution in [2.24, 2.45) is 0 Å². The number of aryl methyl sites for hydroxylation is 1. The Morgan fingerprint density at radius 3 is 2.42 bits per heavy atom. The average Bonchev–Trinajstić information content (AvgIpc) is 3.08. The van der Waals surface area contributed by atoms with E-state index in [0.717, 1.165) is 6.07 Å². The van der Waals surface area contributed by atoms with Gasteiger partial charge in [-0.1, -0.05) is 17.7 Å². The first kappa shape index (κ1) is 21.0. The number of alkyl halides is 3. The van der Waals surface area contributed by atoms with Gasteiger partial charge in [0.1, 0.15) is 11.5 Å². The Balaban J connectivity index is 2.06. The van der Waals surface area contributed by atoms with E-state index < -0.39 is 11.7 Å². The summed E-state index contributed by atoms with van der Waals surface area (Å²) in [7, 11) is 2.93. The summed E-state index contributed by atoms with van der Waals surface area (Å²) < 4.78 is 54.0. The van der Waals surface area contributed by atoms with Crippen molar-refractivity contribution >= 4 is 22.6 Å². The number of benzene rings is 2. The zero-order valence-electron chi connectivity index (χ0n) is 16.8. The summed E-state index contributed by atoms with van der Waals surface area (Å²) in [4.78, 5) is 4.55. The third-order valence-corrected chi connectivity index (χ3v) is 5.09. The van der Waals surface area contributed by atoms with Crippen LogP contribution in [0.5, 0.6) is 11.5 Å². The number of fused-ring (bicyclic) bond motifs is 1. The molecule has 0 amide bonds. The second-order valence-electron chi connectivity index (χ2n) is 6.79. The maximum Gasteiger partial charge on any atom is 0.417 e. The number of aromatic nitrogens is 3. The number of pyridine rings is 1.